The highest BCUT2D eigenvalue weighted by atomic mass is 16.1. The number of nitrogens with zero attached hydrogens (tertiary/aromatic N) is 1. The highest BCUT2D eigenvalue weighted by Crippen LogP contribution is 2.24. The molecule has 1 saturated heterocycles. The lowest BCUT2D eigenvalue weighted by Crippen LogP contribution is -2.50. The van der Waals surface area contributed by atoms with Crippen molar-refractivity contribution in [3.05, 3.63) is 35.9 Å². The lowest BCUT2D eigenvalue weighted by molar-refractivity contribution is 0.0649. The van der Waals surface area contributed by atoms with Crippen LogP contribution in [0, 0.1) is 0 Å². The number of carbonyl (C=O) groups excluding carboxylic acids is 1. The van der Waals surface area contributed by atoms with Gasteiger partial charge in [0.1, 0.15) is 0 Å². The first-order valence-corrected chi connectivity index (χ1v) is 6.97. The Hall–Kier alpha value is -1.15. The van der Waals surface area contributed by atoms with E-state index >= 15 is 0 Å². The minimum absolute atomic E-state index is 0.241. The number of hydrogen-bond acceptors (Lipinski definition) is 2. The zero-order chi connectivity index (χ0) is 13.0. The molecule has 1 aromatic carbocycles. The lowest BCUT2D eigenvalue weighted by atomic mass is 9.91. The van der Waals surface area contributed by atoms with Crippen molar-refractivity contribution >= 4 is 5.78 Å². The summed E-state index contributed by atoms with van der Waals surface area (Å²) in [5, 5.41) is 0. The minimum Gasteiger partial charge on any atom is -0.292 e. The number of ketones is 1. The van der Waals surface area contributed by atoms with Crippen molar-refractivity contribution in [2.75, 3.05) is 13.1 Å². The maximum atomic E-state index is 12.6. The second-order valence-electron chi connectivity index (χ2n) is 5.66. The molecule has 0 radical (unpaired) electrons. The van der Waals surface area contributed by atoms with Crippen molar-refractivity contribution in [3.63, 3.8) is 0 Å². The van der Waals surface area contributed by atoms with Gasteiger partial charge in [-0.2, -0.15) is 0 Å². The van der Waals surface area contributed by atoms with E-state index in [4.69, 9.17) is 0 Å². The zero-order valence-electron chi connectivity index (χ0n) is 11.5. The van der Waals surface area contributed by atoms with Gasteiger partial charge < -0.3 is 0 Å². The molecule has 1 fully saturated rings. The fraction of sp³-hybridized carbons (Fsp3) is 0.562. The number of hydrogen-bond donors (Lipinski definition) is 0. The number of carbonyl (C=O) groups is 1. The molecule has 98 valence electrons. The minimum atomic E-state index is -0.383. The van der Waals surface area contributed by atoms with Gasteiger partial charge in [-0.05, 0) is 39.8 Å². The summed E-state index contributed by atoms with van der Waals surface area (Å²) in [6.45, 7) is 6.22. The van der Waals surface area contributed by atoms with E-state index in [0.29, 0.717) is 0 Å². The Bertz CT molecular complexity index is 389. The van der Waals surface area contributed by atoms with E-state index < -0.39 is 0 Å². The largest absolute Gasteiger partial charge is 0.292 e. The second-order valence-corrected chi connectivity index (χ2v) is 5.66. The first kappa shape index (κ1) is 13.3. The van der Waals surface area contributed by atoms with Crippen LogP contribution in [0.3, 0.4) is 0 Å². The van der Waals surface area contributed by atoms with Crippen molar-refractivity contribution in [1.29, 1.82) is 0 Å². The lowest BCUT2D eigenvalue weighted by Gasteiger charge is -2.36. The summed E-state index contributed by atoms with van der Waals surface area (Å²) in [6, 6.07) is 9.66. The van der Waals surface area contributed by atoms with Gasteiger partial charge in [-0.3, -0.25) is 9.69 Å². The summed E-state index contributed by atoms with van der Waals surface area (Å²) in [5.74, 6) is 0.241. The van der Waals surface area contributed by atoms with Crippen LogP contribution in [0.1, 0.15) is 49.9 Å². The van der Waals surface area contributed by atoms with E-state index in [1.165, 1.54) is 25.7 Å². The Morgan fingerprint density at radius 3 is 2.11 bits per heavy atom. The van der Waals surface area contributed by atoms with Gasteiger partial charge in [-0.1, -0.05) is 43.2 Å². The number of rotatable bonds is 3. The molecule has 0 aromatic heterocycles. The molecule has 0 N–H and O–H groups in total. The summed E-state index contributed by atoms with van der Waals surface area (Å²) in [6.07, 6.45) is 5.02. The third kappa shape index (κ3) is 2.81. The molecule has 2 nitrogen and oxygen atoms in total. The molecule has 2 rings (SSSR count). The zero-order valence-corrected chi connectivity index (χ0v) is 11.5. The van der Waals surface area contributed by atoms with Gasteiger partial charge in [0.2, 0.25) is 0 Å². The van der Waals surface area contributed by atoms with Gasteiger partial charge in [0.05, 0.1) is 5.54 Å². The standard InChI is InChI=1S/C16H23NO/c1-16(2,17-12-8-3-4-9-13-17)15(18)14-10-6-5-7-11-14/h5-7,10-11H,3-4,8-9,12-13H2,1-2H3. The second kappa shape index (κ2) is 5.66. The van der Waals surface area contributed by atoms with E-state index in [9.17, 15) is 4.79 Å². The van der Waals surface area contributed by atoms with Gasteiger partial charge >= 0.3 is 0 Å². The highest BCUT2D eigenvalue weighted by Gasteiger charge is 2.34. The van der Waals surface area contributed by atoms with Crippen LogP contribution in [0.4, 0.5) is 0 Å². The van der Waals surface area contributed by atoms with Gasteiger partial charge in [-0.15, -0.1) is 0 Å². The molecular weight excluding hydrogens is 222 g/mol. The van der Waals surface area contributed by atoms with Crippen molar-refractivity contribution in [1.82, 2.24) is 4.90 Å². The van der Waals surface area contributed by atoms with E-state index in [-0.39, 0.29) is 11.3 Å². The molecule has 1 aliphatic heterocycles. The average molecular weight is 245 g/mol. The molecule has 1 heterocycles. The van der Waals surface area contributed by atoms with Gasteiger partial charge in [0, 0.05) is 5.56 Å². The van der Waals surface area contributed by atoms with Crippen LogP contribution >= 0.6 is 0 Å². The van der Waals surface area contributed by atoms with Gasteiger partial charge in [-0.25, -0.2) is 0 Å². The average Bonchev–Trinajstić information content (AvgIpc) is 2.68. The monoisotopic (exact) mass is 245 g/mol. The molecule has 0 atom stereocenters. The van der Waals surface area contributed by atoms with E-state index in [1.54, 1.807) is 0 Å². The summed E-state index contributed by atoms with van der Waals surface area (Å²) in [4.78, 5) is 15.0. The third-order valence-electron chi connectivity index (χ3n) is 3.99. The summed E-state index contributed by atoms with van der Waals surface area (Å²) in [7, 11) is 0. The Balaban J connectivity index is 2.16. The quantitative estimate of drug-likeness (QED) is 0.759. The van der Waals surface area contributed by atoms with Crippen molar-refractivity contribution < 1.29 is 4.79 Å². The number of benzene rings is 1. The summed E-state index contributed by atoms with van der Waals surface area (Å²) < 4.78 is 0. The molecular formula is C16H23NO. The smallest absolute Gasteiger partial charge is 0.182 e. The Morgan fingerprint density at radius 2 is 1.56 bits per heavy atom. The fourth-order valence-corrected chi connectivity index (χ4v) is 2.72. The van der Waals surface area contributed by atoms with Crippen LogP contribution in [0.15, 0.2) is 30.3 Å². The first-order chi connectivity index (χ1) is 8.62. The highest BCUT2D eigenvalue weighted by molar-refractivity contribution is 6.02. The third-order valence-corrected chi connectivity index (χ3v) is 3.99. The molecule has 0 amide bonds. The summed E-state index contributed by atoms with van der Waals surface area (Å²) >= 11 is 0. The maximum Gasteiger partial charge on any atom is 0.182 e. The van der Waals surface area contributed by atoms with Crippen LogP contribution in [-0.2, 0) is 0 Å². The van der Waals surface area contributed by atoms with Crippen LogP contribution in [0.5, 0.6) is 0 Å². The van der Waals surface area contributed by atoms with E-state index in [2.05, 4.69) is 18.7 Å². The van der Waals surface area contributed by atoms with Crippen LogP contribution < -0.4 is 0 Å². The SMILES string of the molecule is CC(C)(C(=O)c1ccccc1)N1CCCCCC1. The molecule has 18 heavy (non-hydrogen) atoms. The van der Waals surface area contributed by atoms with Crippen LogP contribution in [0.2, 0.25) is 0 Å². The van der Waals surface area contributed by atoms with E-state index in [1.807, 2.05) is 30.3 Å². The topological polar surface area (TPSA) is 20.3 Å². The maximum absolute atomic E-state index is 12.6. The number of Topliss-reactive ketones (excluding diaryl/α,β-unsaturated/α-hetero) is 1. The molecule has 2 heteroatoms. The van der Waals surface area contributed by atoms with Gasteiger partial charge in [0.25, 0.3) is 0 Å². The van der Waals surface area contributed by atoms with Crippen LogP contribution in [-0.4, -0.2) is 29.3 Å². The molecule has 1 aliphatic rings. The first-order valence-electron chi connectivity index (χ1n) is 6.97. The summed E-state index contributed by atoms with van der Waals surface area (Å²) in [5.41, 5.74) is 0.442. The van der Waals surface area contributed by atoms with Gasteiger partial charge in [0.15, 0.2) is 5.78 Å². The fourth-order valence-electron chi connectivity index (χ4n) is 2.72. The Morgan fingerprint density at radius 1 is 1.00 bits per heavy atom. The molecule has 0 spiro atoms. The Labute approximate surface area is 110 Å². The molecule has 0 unspecified atom stereocenters. The van der Waals surface area contributed by atoms with Crippen molar-refractivity contribution in [3.8, 4) is 0 Å². The van der Waals surface area contributed by atoms with Crippen molar-refractivity contribution in [2.45, 2.75) is 45.1 Å². The van der Waals surface area contributed by atoms with E-state index in [0.717, 1.165) is 18.7 Å². The molecule has 1 aromatic rings. The molecule has 0 bridgehead atoms. The Kier molecular flexibility index (Phi) is 4.18. The predicted octanol–water partition coefficient (Wildman–Crippen LogP) is 3.52. The molecule has 0 aliphatic carbocycles. The predicted molar refractivity (Wildman–Crippen MR) is 74.9 cm³/mol. The van der Waals surface area contributed by atoms with Crippen LogP contribution in [0.25, 0.3) is 0 Å². The normalized spacial score (nSPS) is 18.3. The molecule has 0 saturated carbocycles. The van der Waals surface area contributed by atoms with Crippen molar-refractivity contribution in [2.24, 2.45) is 0 Å². The number of likely N-dealkylation sites (tertiary alicyclic amines) is 1.